The van der Waals surface area contributed by atoms with Crippen LogP contribution in [0.15, 0.2) is 10.5 Å². The van der Waals surface area contributed by atoms with Gasteiger partial charge in [0.05, 0.1) is 6.10 Å². The maximum atomic E-state index is 6.28. The predicted molar refractivity (Wildman–Crippen MR) is 77.0 cm³/mol. The fourth-order valence-corrected chi connectivity index (χ4v) is 5.19. The summed E-state index contributed by atoms with van der Waals surface area (Å²) in [5, 5.41) is 0. The third-order valence-corrected chi connectivity index (χ3v) is 5.85. The molecule has 0 saturated heterocycles. The lowest BCUT2D eigenvalue weighted by molar-refractivity contribution is -0.134. The lowest BCUT2D eigenvalue weighted by Gasteiger charge is -2.53. The molecule has 5 rings (SSSR count). The molecule has 4 bridgehead atoms. The van der Waals surface area contributed by atoms with Gasteiger partial charge in [-0.15, -0.1) is 0 Å². The van der Waals surface area contributed by atoms with Gasteiger partial charge in [-0.2, -0.15) is 0 Å². The molecule has 0 spiro atoms. The Bertz CT molecular complexity index is 465. The van der Waals surface area contributed by atoms with Crippen LogP contribution in [0.2, 0.25) is 0 Å². The largest absolute Gasteiger partial charge is 0.464 e. The molecule has 0 radical (unpaired) electrons. The quantitative estimate of drug-likeness (QED) is 0.916. The van der Waals surface area contributed by atoms with E-state index in [4.69, 9.17) is 14.9 Å². The third-order valence-electron chi connectivity index (χ3n) is 5.85. The lowest BCUT2D eigenvalue weighted by Crippen LogP contribution is -2.49. The molecular weight excluding hydrogens is 250 g/mol. The average Bonchev–Trinajstić information content (AvgIpc) is 2.77. The lowest BCUT2D eigenvalue weighted by atomic mass is 9.55. The molecule has 4 fully saturated rings. The molecule has 1 aromatic rings. The fraction of sp³-hybridized carbons (Fsp3) is 0.765. The fourth-order valence-electron chi connectivity index (χ4n) is 5.19. The highest BCUT2D eigenvalue weighted by molar-refractivity contribution is 5.20. The van der Waals surface area contributed by atoms with Gasteiger partial charge in [0.2, 0.25) is 0 Å². The topological polar surface area (TPSA) is 48.4 Å². The summed E-state index contributed by atoms with van der Waals surface area (Å²) in [6, 6.07) is 2.06. The first kappa shape index (κ1) is 12.9. The van der Waals surface area contributed by atoms with Crippen molar-refractivity contribution in [2.75, 3.05) is 0 Å². The summed E-state index contributed by atoms with van der Waals surface area (Å²) in [5.41, 5.74) is 6.80. The molecule has 0 unspecified atom stereocenters. The van der Waals surface area contributed by atoms with Gasteiger partial charge in [-0.05, 0) is 68.8 Å². The monoisotopic (exact) mass is 275 g/mol. The standard InChI is InChI=1S/C17H25NO2/c1-10-15(8-18)7-16(20-10)9-19-17-13-3-11-2-12(5-13)6-14(17)4-11/h7,11-14,17H,2-6,8-9,18H2,1H3. The van der Waals surface area contributed by atoms with Crippen LogP contribution in [0.1, 0.15) is 49.2 Å². The van der Waals surface area contributed by atoms with Crippen molar-refractivity contribution in [1.82, 2.24) is 0 Å². The maximum absolute atomic E-state index is 6.28. The van der Waals surface area contributed by atoms with Crippen LogP contribution in [0.4, 0.5) is 0 Å². The number of furan rings is 1. The van der Waals surface area contributed by atoms with E-state index in [1.165, 1.54) is 32.1 Å². The summed E-state index contributed by atoms with van der Waals surface area (Å²) in [4.78, 5) is 0. The maximum Gasteiger partial charge on any atom is 0.130 e. The number of aryl methyl sites for hydroxylation is 1. The predicted octanol–water partition coefficient (Wildman–Crippen LogP) is 3.39. The van der Waals surface area contributed by atoms with E-state index in [1.54, 1.807) is 0 Å². The molecule has 2 N–H and O–H groups in total. The first-order valence-electron chi connectivity index (χ1n) is 8.12. The van der Waals surface area contributed by atoms with E-state index < -0.39 is 0 Å². The van der Waals surface area contributed by atoms with Gasteiger partial charge in [0.1, 0.15) is 18.1 Å². The van der Waals surface area contributed by atoms with E-state index >= 15 is 0 Å². The van der Waals surface area contributed by atoms with Gasteiger partial charge in [-0.3, -0.25) is 0 Å². The molecule has 4 saturated carbocycles. The molecule has 4 aliphatic carbocycles. The van der Waals surface area contributed by atoms with Gasteiger partial charge >= 0.3 is 0 Å². The second-order valence-corrected chi connectivity index (χ2v) is 7.20. The van der Waals surface area contributed by atoms with Crippen LogP contribution < -0.4 is 5.73 Å². The van der Waals surface area contributed by atoms with E-state index in [-0.39, 0.29) is 0 Å². The van der Waals surface area contributed by atoms with Crippen molar-refractivity contribution in [3.05, 3.63) is 23.2 Å². The second-order valence-electron chi connectivity index (χ2n) is 7.20. The van der Waals surface area contributed by atoms with Gasteiger partial charge < -0.3 is 14.9 Å². The van der Waals surface area contributed by atoms with Crippen molar-refractivity contribution in [2.24, 2.45) is 29.4 Å². The number of hydrogen-bond acceptors (Lipinski definition) is 3. The Morgan fingerprint density at radius 1 is 1.15 bits per heavy atom. The van der Waals surface area contributed by atoms with Gasteiger partial charge in [0, 0.05) is 12.1 Å². The van der Waals surface area contributed by atoms with E-state index in [0.29, 0.717) is 19.3 Å². The average molecular weight is 275 g/mol. The molecule has 3 heteroatoms. The molecule has 1 heterocycles. The second kappa shape index (κ2) is 4.88. The zero-order valence-electron chi connectivity index (χ0n) is 12.3. The summed E-state index contributed by atoms with van der Waals surface area (Å²) in [7, 11) is 0. The van der Waals surface area contributed by atoms with Crippen LogP contribution in [-0.2, 0) is 17.9 Å². The van der Waals surface area contributed by atoms with Crippen LogP contribution in [-0.4, -0.2) is 6.10 Å². The van der Waals surface area contributed by atoms with Crippen molar-refractivity contribution in [1.29, 1.82) is 0 Å². The van der Waals surface area contributed by atoms with Crippen LogP contribution >= 0.6 is 0 Å². The Kier molecular flexibility index (Phi) is 3.15. The molecule has 4 aliphatic rings. The highest BCUT2D eigenvalue weighted by atomic mass is 16.5. The van der Waals surface area contributed by atoms with E-state index in [9.17, 15) is 0 Å². The van der Waals surface area contributed by atoms with Crippen molar-refractivity contribution in [3.8, 4) is 0 Å². The van der Waals surface area contributed by atoms with E-state index in [1.807, 2.05) is 6.92 Å². The summed E-state index contributed by atoms with van der Waals surface area (Å²) >= 11 is 0. The number of rotatable bonds is 4. The van der Waals surface area contributed by atoms with Gasteiger partial charge in [-0.1, -0.05) is 0 Å². The van der Waals surface area contributed by atoms with Gasteiger partial charge in [-0.25, -0.2) is 0 Å². The SMILES string of the molecule is Cc1oc(COC2C3CC4CC(C3)CC2C4)cc1CN. The Hall–Kier alpha value is -0.800. The highest BCUT2D eigenvalue weighted by Crippen LogP contribution is 2.54. The molecule has 0 aromatic carbocycles. The van der Waals surface area contributed by atoms with Crippen molar-refractivity contribution >= 4 is 0 Å². The Morgan fingerprint density at radius 2 is 1.80 bits per heavy atom. The van der Waals surface area contributed by atoms with Crippen LogP contribution in [0, 0.1) is 30.6 Å². The molecule has 0 aliphatic heterocycles. The molecule has 20 heavy (non-hydrogen) atoms. The third kappa shape index (κ3) is 2.11. The minimum Gasteiger partial charge on any atom is -0.464 e. The zero-order chi connectivity index (χ0) is 13.7. The van der Waals surface area contributed by atoms with E-state index in [2.05, 4.69) is 6.07 Å². The minimum atomic E-state index is 0.481. The van der Waals surface area contributed by atoms with Crippen molar-refractivity contribution < 1.29 is 9.15 Å². The van der Waals surface area contributed by atoms with Crippen molar-refractivity contribution in [3.63, 3.8) is 0 Å². The number of ether oxygens (including phenoxy) is 1. The van der Waals surface area contributed by atoms with Crippen LogP contribution in [0.25, 0.3) is 0 Å². The molecule has 3 nitrogen and oxygen atoms in total. The first-order chi connectivity index (χ1) is 9.72. The summed E-state index contributed by atoms with van der Waals surface area (Å²) < 4.78 is 12.0. The summed E-state index contributed by atoms with van der Waals surface area (Å²) in [5.74, 6) is 5.53. The highest BCUT2D eigenvalue weighted by Gasteiger charge is 2.48. The number of nitrogens with two attached hydrogens (primary N) is 1. The zero-order valence-corrected chi connectivity index (χ0v) is 12.3. The molecule has 0 amide bonds. The Labute approximate surface area is 120 Å². The van der Waals surface area contributed by atoms with Crippen LogP contribution in [0.5, 0.6) is 0 Å². The smallest absolute Gasteiger partial charge is 0.130 e. The van der Waals surface area contributed by atoms with Crippen LogP contribution in [0.3, 0.4) is 0 Å². The molecule has 110 valence electrons. The normalized spacial score (nSPS) is 38.6. The first-order valence-corrected chi connectivity index (χ1v) is 8.12. The summed E-state index contributed by atoms with van der Waals surface area (Å²) in [6.45, 7) is 3.15. The minimum absolute atomic E-state index is 0.481. The number of hydrogen-bond donors (Lipinski definition) is 1. The molecule has 0 atom stereocenters. The van der Waals surface area contributed by atoms with Gasteiger partial charge in [0.25, 0.3) is 0 Å². The Morgan fingerprint density at radius 3 is 2.35 bits per heavy atom. The van der Waals surface area contributed by atoms with Crippen molar-refractivity contribution in [2.45, 2.75) is 58.3 Å². The molecule has 1 aromatic heterocycles. The van der Waals surface area contributed by atoms with E-state index in [0.717, 1.165) is 40.8 Å². The Balaban J connectivity index is 1.42. The van der Waals surface area contributed by atoms with Gasteiger partial charge in [0.15, 0.2) is 0 Å². The molecular formula is C17H25NO2. The summed E-state index contributed by atoms with van der Waals surface area (Å²) in [6.07, 6.45) is 7.60.